The standard InChI is InChI=1S/C10H11NO3/c1-14-8-3-2-7(6-12)9(4-8)10(13)5-11/h2-4,6H,5,11H2,1H3. The number of carbonyl (C=O) groups excluding carboxylic acids is 2. The quantitative estimate of drug-likeness (QED) is 0.563. The largest absolute Gasteiger partial charge is 0.497 e. The number of ether oxygens (including phenoxy) is 1. The minimum atomic E-state index is -0.272. The van der Waals surface area contributed by atoms with Crippen LogP contribution >= 0.6 is 0 Å². The summed E-state index contributed by atoms with van der Waals surface area (Å²) in [5.41, 5.74) is 5.85. The van der Waals surface area contributed by atoms with E-state index in [9.17, 15) is 9.59 Å². The highest BCUT2D eigenvalue weighted by molar-refractivity contribution is 6.04. The van der Waals surface area contributed by atoms with Crippen LogP contribution in [0.25, 0.3) is 0 Å². The molecule has 0 aliphatic heterocycles. The number of ketones is 1. The summed E-state index contributed by atoms with van der Waals surface area (Å²) in [6.07, 6.45) is 0.627. The third-order valence-electron chi connectivity index (χ3n) is 1.87. The van der Waals surface area contributed by atoms with Gasteiger partial charge in [0.25, 0.3) is 0 Å². The molecule has 0 bridgehead atoms. The van der Waals surface area contributed by atoms with E-state index in [0.29, 0.717) is 23.2 Å². The molecule has 0 aromatic heterocycles. The van der Waals surface area contributed by atoms with Crippen molar-refractivity contribution in [1.82, 2.24) is 0 Å². The minimum absolute atomic E-state index is 0.117. The lowest BCUT2D eigenvalue weighted by Crippen LogP contribution is -2.15. The highest BCUT2D eigenvalue weighted by Gasteiger charge is 2.10. The Balaban J connectivity index is 3.21. The predicted octanol–water partition coefficient (Wildman–Crippen LogP) is 0.649. The van der Waals surface area contributed by atoms with Crippen molar-refractivity contribution in [2.24, 2.45) is 5.73 Å². The zero-order valence-electron chi connectivity index (χ0n) is 7.82. The fourth-order valence-electron chi connectivity index (χ4n) is 1.12. The first-order valence-corrected chi connectivity index (χ1v) is 4.09. The molecule has 0 saturated carbocycles. The number of benzene rings is 1. The Kier molecular flexibility index (Phi) is 3.36. The average molecular weight is 193 g/mol. The van der Waals surface area contributed by atoms with Crippen LogP contribution in [-0.4, -0.2) is 25.7 Å². The molecule has 0 saturated heterocycles. The fraction of sp³-hybridized carbons (Fsp3) is 0.200. The lowest BCUT2D eigenvalue weighted by Gasteiger charge is -2.05. The molecular weight excluding hydrogens is 182 g/mol. The van der Waals surface area contributed by atoms with Gasteiger partial charge in [0, 0.05) is 11.1 Å². The van der Waals surface area contributed by atoms with Gasteiger partial charge in [-0.3, -0.25) is 9.59 Å². The van der Waals surface area contributed by atoms with E-state index in [4.69, 9.17) is 10.5 Å². The van der Waals surface area contributed by atoms with Crippen LogP contribution in [-0.2, 0) is 0 Å². The van der Waals surface area contributed by atoms with Crippen LogP contribution < -0.4 is 10.5 Å². The van der Waals surface area contributed by atoms with E-state index < -0.39 is 0 Å². The smallest absolute Gasteiger partial charge is 0.177 e. The Morgan fingerprint density at radius 1 is 1.57 bits per heavy atom. The molecule has 1 rings (SSSR count). The molecule has 14 heavy (non-hydrogen) atoms. The molecule has 0 unspecified atom stereocenters. The first-order valence-electron chi connectivity index (χ1n) is 4.09. The van der Waals surface area contributed by atoms with E-state index in [2.05, 4.69) is 0 Å². The number of hydrogen-bond donors (Lipinski definition) is 1. The molecule has 2 N–H and O–H groups in total. The predicted molar refractivity (Wildman–Crippen MR) is 51.8 cm³/mol. The molecule has 74 valence electrons. The molecule has 1 aromatic rings. The van der Waals surface area contributed by atoms with Gasteiger partial charge in [-0.1, -0.05) is 0 Å². The van der Waals surface area contributed by atoms with Crippen LogP contribution in [0.4, 0.5) is 0 Å². The van der Waals surface area contributed by atoms with E-state index in [0.717, 1.165) is 0 Å². The molecule has 0 aliphatic carbocycles. The summed E-state index contributed by atoms with van der Waals surface area (Å²) < 4.78 is 4.94. The van der Waals surface area contributed by atoms with E-state index in [1.165, 1.54) is 19.2 Å². The number of hydrogen-bond acceptors (Lipinski definition) is 4. The SMILES string of the molecule is COc1ccc(C=O)c(C(=O)CN)c1. The third-order valence-corrected chi connectivity index (χ3v) is 1.87. The summed E-state index contributed by atoms with van der Waals surface area (Å²) in [6, 6.07) is 4.67. The van der Waals surface area contributed by atoms with Crippen molar-refractivity contribution in [2.75, 3.05) is 13.7 Å². The van der Waals surface area contributed by atoms with Gasteiger partial charge in [-0.2, -0.15) is 0 Å². The second-order valence-electron chi connectivity index (χ2n) is 2.70. The Labute approximate surface area is 81.7 Å². The van der Waals surface area contributed by atoms with Crippen molar-refractivity contribution >= 4 is 12.1 Å². The first kappa shape index (κ1) is 10.4. The van der Waals surface area contributed by atoms with Crippen LogP contribution in [0.3, 0.4) is 0 Å². The van der Waals surface area contributed by atoms with Gasteiger partial charge in [0.15, 0.2) is 12.1 Å². The van der Waals surface area contributed by atoms with Crippen LogP contribution in [0, 0.1) is 0 Å². The van der Waals surface area contributed by atoms with Gasteiger partial charge in [-0.05, 0) is 18.2 Å². The molecule has 0 atom stereocenters. The van der Waals surface area contributed by atoms with Crippen molar-refractivity contribution < 1.29 is 14.3 Å². The van der Waals surface area contributed by atoms with Crippen LogP contribution in [0.1, 0.15) is 20.7 Å². The summed E-state index contributed by atoms with van der Waals surface area (Å²) >= 11 is 0. The highest BCUT2D eigenvalue weighted by Crippen LogP contribution is 2.16. The van der Waals surface area contributed by atoms with Crippen LogP contribution in [0.15, 0.2) is 18.2 Å². The maximum Gasteiger partial charge on any atom is 0.177 e. The number of aldehydes is 1. The zero-order chi connectivity index (χ0) is 10.6. The number of carbonyl (C=O) groups is 2. The molecule has 1 aromatic carbocycles. The number of rotatable bonds is 4. The molecule has 4 heteroatoms. The third kappa shape index (κ3) is 1.97. The van der Waals surface area contributed by atoms with Crippen molar-refractivity contribution in [1.29, 1.82) is 0 Å². The Hall–Kier alpha value is -1.68. The van der Waals surface area contributed by atoms with Crippen molar-refractivity contribution in [3.05, 3.63) is 29.3 Å². The number of Topliss-reactive ketones (excluding diaryl/α,β-unsaturated/α-hetero) is 1. The molecule has 0 aliphatic rings. The average Bonchev–Trinajstić information content (AvgIpc) is 2.27. The van der Waals surface area contributed by atoms with Crippen molar-refractivity contribution in [3.8, 4) is 5.75 Å². The van der Waals surface area contributed by atoms with E-state index >= 15 is 0 Å². The van der Waals surface area contributed by atoms with Crippen LogP contribution in [0.5, 0.6) is 5.75 Å². The van der Waals surface area contributed by atoms with Gasteiger partial charge in [0.05, 0.1) is 13.7 Å². The number of methoxy groups -OCH3 is 1. The van der Waals surface area contributed by atoms with Crippen molar-refractivity contribution in [2.45, 2.75) is 0 Å². The van der Waals surface area contributed by atoms with E-state index in [-0.39, 0.29) is 12.3 Å². The van der Waals surface area contributed by atoms with Gasteiger partial charge < -0.3 is 10.5 Å². The molecular formula is C10H11NO3. The maximum absolute atomic E-state index is 11.3. The molecule has 0 heterocycles. The Morgan fingerprint density at radius 2 is 2.29 bits per heavy atom. The molecule has 4 nitrogen and oxygen atoms in total. The van der Waals surface area contributed by atoms with E-state index in [1.807, 2.05) is 0 Å². The molecule has 0 radical (unpaired) electrons. The molecule has 0 fully saturated rings. The lowest BCUT2D eigenvalue weighted by molar-refractivity contribution is 0.0994. The first-order chi connectivity index (χ1) is 6.72. The summed E-state index contributed by atoms with van der Waals surface area (Å²) in [5, 5.41) is 0. The Bertz CT molecular complexity index is 360. The summed E-state index contributed by atoms with van der Waals surface area (Å²) in [5.74, 6) is 0.262. The van der Waals surface area contributed by atoms with E-state index in [1.54, 1.807) is 6.07 Å². The molecule has 0 amide bonds. The highest BCUT2D eigenvalue weighted by atomic mass is 16.5. The number of nitrogens with two attached hydrogens (primary N) is 1. The monoisotopic (exact) mass is 193 g/mol. The van der Waals surface area contributed by atoms with Gasteiger partial charge in [-0.25, -0.2) is 0 Å². The Morgan fingerprint density at radius 3 is 2.79 bits per heavy atom. The van der Waals surface area contributed by atoms with Gasteiger partial charge in [0.1, 0.15) is 5.75 Å². The molecule has 0 spiro atoms. The zero-order valence-corrected chi connectivity index (χ0v) is 7.82. The summed E-state index contributed by atoms with van der Waals surface area (Å²) in [6.45, 7) is -0.117. The second kappa shape index (κ2) is 4.53. The van der Waals surface area contributed by atoms with Crippen LogP contribution in [0.2, 0.25) is 0 Å². The summed E-state index contributed by atoms with van der Waals surface area (Å²) in [7, 11) is 1.49. The van der Waals surface area contributed by atoms with Crippen molar-refractivity contribution in [3.63, 3.8) is 0 Å². The maximum atomic E-state index is 11.3. The normalized spacial score (nSPS) is 9.57. The van der Waals surface area contributed by atoms with Gasteiger partial charge in [0.2, 0.25) is 0 Å². The summed E-state index contributed by atoms with van der Waals surface area (Å²) in [4.78, 5) is 21.9. The topological polar surface area (TPSA) is 69.4 Å². The second-order valence-corrected chi connectivity index (χ2v) is 2.70. The van der Waals surface area contributed by atoms with Gasteiger partial charge in [-0.15, -0.1) is 0 Å². The lowest BCUT2D eigenvalue weighted by atomic mass is 10.0. The van der Waals surface area contributed by atoms with Gasteiger partial charge >= 0.3 is 0 Å². The minimum Gasteiger partial charge on any atom is -0.497 e. The fourth-order valence-corrected chi connectivity index (χ4v) is 1.12.